The minimum Gasteiger partial charge on any atom is -0.387 e. The molecule has 0 atom stereocenters. The summed E-state index contributed by atoms with van der Waals surface area (Å²) >= 11 is 0. The summed E-state index contributed by atoms with van der Waals surface area (Å²) < 4.78 is 1.49. The number of aliphatic hydroxyl groups is 1. The van der Waals surface area contributed by atoms with Gasteiger partial charge in [0, 0.05) is 25.7 Å². The van der Waals surface area contributed by atoms with E-state index in [4.69, 9.17) is 0 Å². The number of pyridine rings is 1. The van der Waals surface area contributed by atoms with E-state index in [9.17, 15) is 15.2 Å². The molecule has 1 fully saturated rings. The maximum absolute atomic E-state index is 11.2. The van der Waals surface area contributed by atoms with E-state index < -0.39 is 10.5 Å². The molecule has 2 aromatic rings. The summed E-state index contributed by atoms with van der Waals surface area (Å²) in [5.74, 6) is 0.00698. The average molecular weight is 276 g/mol. The quantitative estimate of drug-likeness (QED) is 0.670. The number of aromatic nitrogens is 2. The van der Waals surface area contributed by atoms with E-state index in [-0.39, 0.29) is 5.82 Å². The summed E-state index contributed by atoms with van der Waals surface area (Å²) in [5.41, 5.74) is 0.369. The van der Waals surface area contributed by atoms with Crippen LogP contribution >= 0.6 is 0 Å². The third kappa shape index (κ3) is 2.04. The first-order valence-corrected chi connectivity index (χ1v) is 6.57. The SMILES string of the molecule is CCC1(O)CN(Cc2nc3ccccn3c2[N+](=O)[O-])C1. The van der Waals surface area contributed by atoms with Crippen molar-refractivity contribution in [2.75, 3.05) is 13.1 Å². The summed E-state index contributed by atoms with van der Waals surface area (Å²) in [6.45, 7) is 3.40. The first-order chi connectivity index (χ1) is 9.52. The Kier molecular flexibility index (Phi) is 2.95. The molecule has 0 aromatic carbocycles. The van der Waals surface area contributed by atoms with Crippen LogP contribution in [0.3, 0.4) is 0 Å². The van der Waals surface area contributed by atoms with Gasteiger partial charge in [-0.3, -0.25) is 4.90 Å². The molecule has 0 aliphatic carbocycles. The zero-order chi connectivity index (χ0) is 14.3. The standard InChI is InChI=1S/C13H16N4O3/c1-2-13(18)8-15(9-13)7-10-12(17(19)20)16-6-4-3-5-11(16)14-10/h3-6,18H,2,7-9H2,1H3. The van der Waals surface area contributed by atoms with E-state index in [1.165, 1.54) is 4.40 Å². The largest absolute Gasteiger partial charge is 0.387 e. The molecule has 0 bridgehead atoms. The topological polar surface area (TPSA) is 83.9 Å². The molecule has 106 valence electrons. The average Bonchev–Trinajstić information content (AvgIpc) is 2.74. The maximum atomic E-state index is 11.2. The van der Waals surface area contributed by atoms with Crippen molar-refractivity contribution in [1.82, 2.24) is 14.3 Å². The van der Waals surface area contributed by atoms with Crippen LogP contribution in [-0.2, 0) is 6.54 Å². The number of hydrogen-bond donors (Lipinski definition) is 1. The molecule has 3 rings (SSSR count). The molecule has 7 heteroatoms. The number of hydrogen-bond acceptors (Lipinski definition) is 5. The number of likely N-dealkylation sites (tertiary alicyclic amines) is 1. The molecule has 1 aliphatic heterocycles. The van der Waals surface area contributed by atoms with Crippen LogP contribution in [0, 0.1) is 10.1 Å². The predicted octanol–water partition coefficient (Wildman–Crippen LogP) is 1.20. The second-order valence-electron chi connectivity index (χ2n) is 5.29. The van der Waals surface area contributed by atoms with Crippen molar-refractivity contribution < 1.29 is 10.0 Å². The lowest BCUT2D eigenvalue weighted by molar-refractivity contribution is -0.391. The second kappa shape index (κ2) is 4.53. The van der Waals surface area contributed by atoms with Crippen LogP contribution in [0.25, 0.3) is 5.65 Å². The molecular weight excluding hydrogens is 260 g/mol. The summed E-state index contributed by atoms with van der Waals surface area (Å²) in [5, 5.41) is 21.2. The molecule has 1 saturated heterocycles. The maximum Gasteiger partial charge on any atom is 0.352 e. The van der Waals surface area contributed by atoms with Gasteiger partial charge < -0.3 is 15.2 Å². The highest BCUT2D eigenvalue weighted by Crippen LogP contribution is 2.28. The van der Waals surface area contributed by atoms with Gasteiger partial charge in [0.1, 0.15) is 0 Å². The zero-order valence-electron chi connectivity index (χ0n) is 11.2. The van der Waals surface area contributed by atoms with Crippen LogP contribution in [0.4, 0.5) is 5.82 Å². The van der Waals surface area contributed by atoms with Gasteiger partial charge in [-0.05, 0) is 17.4 Å². The molecule has 1 N–H and O–H groups in total. The molecule has 0 unspecified atom stereocenters. The van der Waals surface area contributed by atoms with Crippen molar-refractivity contribution in [3.8, 4) is 0 Å². The Morgan fingerprint density at radius 2 is 2.25 bits per heavy atom. The summed E-state index contributed by atoms with van der Waals surface area (Å²) in [4.78, 5) is 17.1. The number of imidazole rings is 1. The molecular formula is C13H16N4O3. The molecule has 0 spiro atoms. The lowest BCUT2D eigenvalue weighted by Gasteiger charge is -2.45. The van der Waals surface area contributed by atoms with Gasteiger partial charge >= 0.3 is 5.82 Å². The minimum absolute atomic E-state index is 0.00698. The van der Waals surface area contributed by atoms with E-state index in [0.29, 0.717) is 37.4 Å². The predicted molar refractivity (Wildman–Crippen MR) is 72.4 cm³/mol. The number of fused-ring (bicyclic) bond motifs is 1. The Labute approximate surface area is 115 Å². The van der Waals surface area contributed by atoms with Gasteiger partial charge in [0.25, 0.3) is 0 Å². The Morgan fingerprint density at radius 3 is 2.90 bits per heavy atom. The van der Waals surface area contributed by atoms with Crippen LogP contribution in [-0.4, -0.2) is 43.0 Å². The number of nitro groups is 1. The zero-order valence-corrected chi connectivity index (χ0v) is 11.2. The highest BCUT2D eigenvalue weighted by atomic mass is 16.6. The fourth-order valence-electron chi connectivity index (χ4n) is 2.66. The van der Waals surface area contributed by atoms with Crippen molar-refractivity contribution in [3.63, 3.8) is 0 Å². The van der Waals surface area contributed by atoms with Gasteiger partial charge in [-0.25, -0.2) is 4.98 Å². The summed E-state index contributed by atoms with van der Waals surface area (Å²) in [6, 6.07) is 5.29. The highest BCUT2D eigenvalue weighted by Gasteiger charge is 2.40. The van der Waals surface area contributed by atoms with Gasteiger partial charge in [0.05, 0.1) is 11.8 Å². The Morgan fingerprint density at radius 1 is 1.50 bits per heavy atom. The van der Waals surface area contributed by atoms with Crippen molar-refractivity contribution in [2.45, 2.75) is 25.5 Å². The van der Waals surface area contributed by atoms with Crippen LogP contribution in [0.5, 0.6) is 0 Å². The Bertz CT molecular complexity index is 661. The minimum atomic E-state index is -0.645. The molecule has 0 amide bonds. The third-order valence-corrected chi connectivity index (χ3v) is 3.81. The second-order valence-corrected chi connectivity index (χ2v) is 5.29. The first-order valence-electron chi connectivity index (χ1n) is 6.57. The van der Waals surface area contributed by atoms with Gasteiger partial charge in [0.2, 0.25) is 5.65 Å². The lowest BCUT2D eigenvalue weighted by Crippen LogP contribution is -2.60. The van der Waals surface area contributed by atoms with Crippen molar-refractivity contribution >= 4 is 11.5 Å². The summed E-state index contributed by atoms with van der Waals surface area (Å²) in [6.07, 6.45) is 2.33. The van der Waals surface area contributed by atoms with Crippen LogP contribution in [0.1, 0.15) is 19.0 Å². The number of β-amino-alcohol motifs (C(OH)–C–C–N with tert-alkyl or cyclic N) is 1. The fraction of sp³-hybridized carbons (Fsp3) is 0.462. The molecule has 7 nitrogen and oxygen atoms in total. The number of rotatable bonds is 4. The molecule has 20 heavy (non-hydrogen) atoms. The summed E-state index contributed by atoms with van der Waals surface area (Å²) in [7, 11) is 0. The molecule has 1 aliphatic rings. The lowest BCUT2D eigenvalue weighted by atomic mass is 9.91. The van der Waals surface area contributed by atoms with E-state index in [1.807, 2.05) is 11.8 Å². The third-order valence-electron chi connectivity index (χ3n) is 3.81. The molecule has 3 heterocycles. The monoisotopic (exact) mass is 276 g/mol. The van der Waals surface area contributed by atoms with Crippen molar-refractivity contribution in [2.24, 2.45) is 0 Å². The fourth-order valence-corrected chi connectivity index (χ4v) is 2.66. The Hall–Kier alpha value is -1.99. The van der Waals surface area contributed by atoms with E-state index >= 15 is 0 Å². The van der Waals surface area contributed by atoms with E-state index in [2.05, 4.69) is 4.98 Å². The first kappa shape index (κ1) is 13.0. The smallest absolute Gasteiger partial charge is 0.352 e. The van der Waals surface area contributed by atoms with Gasteiger partial charge in [-0.1, -0.05) is 13.0 Å². The molecule has 0 saturated carbocycles. The molecule has 0 radical (unpaired) electrons. The van der Waals surface area contributed by atoms with Crippen molar-refractivity contribution in [3.05, 3.63) is 40.2 Å². The normalized spacial score (nSPS) is 18.1. The van der Waals surface area contributed by atoms with Gasteiger partial charge in [-0.15, -0.1) is 0 Å². The van der Waals surface area contributed by atoms with Crippen LogP contribution < -0.4 is 0 Å². The molecule has 2 aromatic heterocycles. The van der Waals surface area contributed by atoms with Gasteiger partial charge in [-0.2, -0.15) is 4.40 Å². The Balaban J connectivity index is 1.88. The van der Waals surface area contributed by atoms with Crippen molar-refractivity contribution in [1.29, 1.82) is 0 Å². The van der Waals surface area contributed by atoms with E-state index in [1.54, 1.807) is 24.4 Å². The highest BCUT2D eigenvalue weighted by molar-refractivity contribution is 5.49. The van der Waals surface area contributed by atoms with Crippen LogP contribution in [0.2, 0.25) is 0 Å². The number of nitrogens with zero attached hydrogens (tertiary/aromatic N) is 4. The van der Waals surface area contributed by atoms with Crippen LogP contribution in [0.15, 0.2) is 24.4 Å². The van der Waals surface area contributed by atoms with E-state index in [0.717, 1.165) is 0 Å². The van der Waals surface area contributed by atoms with Gasteiger partial charge in [0.15, 0.2) is 5.69 Å².